The Morgan fingerprint density at radius 2 is 1.57 bits per heavy atom. The van der Waals surface area contributed by atoms with Gasteiger partial charge in [0, 0.05) is 29.8 Å². The van der Waals surface area contributed by atoms with Gasteiger partial charge in [0.1, 0.15) is 5.82 Å². The molecular weight excluding hydrogens is 368 g/mol. The van der Waals surface area contributed by atoms with Gasteiger partial charge in [-0.1, -0.05) is 74.5 Å². The molecule has 0 spiro atoms. The second kappa shape index (κ2) is 8.70. The molecule has 0 aliphatic carbocycles. The molecule has 1 N–H and O–H groups in total. The second-order valence-electron chi connectivity index (χ2n) is 8.36. The van der Waals surface area contributed by atoms with Crippen LogP contribution >= 0.6 is 0 Å². The molecular formula is C26H30N4. The second-order valence-corrected chi connectivity index (χ2v) is 8.36. The maximum atomic E-state index is 5.03. The van der Waals surface area contributed by atoms with E-state index in [0.717, 1.165) is 53.4 Å². The fourth-order valence-electron chi connectivity index (χ4n) is 3.92. The lowest BCUT2D eigenvalue weighted by Gasteiger charge is -2.17. The largest absolute Gasteiger partial charge is 0.370 e. The third-order valence-corrected chi connectivity index (χ3v) is 5.54. The zero-order chi connectivity index (χ0) is 21.1. The molecule has 2 aromatic carbocycles. The summed E-state index contributed by atoms with van der Waals surface area (Å²) in [4.78, 5) is 5.03. The van der Waals surface area contributed by atoms with Crippen LogP contribution in [-0.2, 0) is 6.42 Å². The molecule has 0 atom stereocenters. The van der Waals surface area contributed by atoms with Crippen LogP contribution in [0.1, 0.15) is 42.8 Å². The number of anilines is 1. The number of benzene rings is 2. The minimum Gasteiger partial charge on any atom is -0.370 e. The predicted octanol–water partition coefficient (Wildman–Crippen LogP) is 6.06. The standard InChI is InChI=1S/C26H30N4/c1-18(2)15-16-27-25-23(17-21-11-7-5-8-12-21)19(3)28-26-24(20(4)29-30(25)26)22-13-9-6-10-14-22/h5-14,18,27H,15-17H2,1-4H3. The molecule has 4 heteroatoms. The van der Waals surface area contributed by atoms with E-state index in [1.165, 1.54) is 11.1 Å². The van der Waals surface area contributed by atoms with E-state index in [1.807, 2.05) is 10.6 Å². The summed E-state index contributed by atoms with van der Waals surface area (Å²) in [6, 6.07) is 21.0. The number of nitrogens with one attached hydrogen (secondary N) is 1. The number of hydrogen-bond donors (Lipinski definition) is 1. The SMILES string of the molecule is Cc1nc2c(-c3ccccc3)c(C)nn2c(NCCC(C)C)c1Cc1ccccc1. The fraction of sp³-hybridized carbons (Fsp3) is 0.308. The highest BCUT2D eigenvalue weighted by Gasteiger charge is 2.20. The van der Waals surface area contributed by atoms with Gasteiger partial charge in [-0.2, -0.15) is 9.61 Å². The molecule has 0 radical (unpaired) electrons. The van der Waals surface area contributed by atoms with E-state index in [-0.39, 0.29) is 0 Å². The number of rotatable bonds is 7. The third kappa shape index (κ3) is 4.09. The van der Waals surface area contributed by atoms with Crippen LogP contribution in [-0.4, -0.2) is 21.1 Å². The lowest BCUT2D eigenvalue weighted by atomic mass is 10.0. The van der Waals surface area contributed by atoms with Crippen LogP contribution in [0.25, 0.3) is 16.8 Å². The van der Waals surface area contributed by atoms with Crippen molar-refractivity contribution in [2.75, 3.05) is 11.9 Å². The lowest BCUT2D eigenvalue weighted by molar-refractivity contribution is 0.605. The van der Waals surface area contributed by atoms with Gasteiger partial charge in [0.15, 0.2) is 5.65 Å². The van der Waals surface area contributed by atoms with Gasteiger partial charge in [-0.25, -0.2) is 4.98 Å². The molecule has 4 aromatic rings. The van der Waals surface area contributed by atoms with Crippen molar-refractivity contribution in [3.63, 3.8) is 0 Å². The van der Waals surface area contributed by atoms with Crippen molar-refractivity contribution in [2.45, 2.75) is 40.5 Å². The molecule has 154 valence electrons. The third-order valence-electron chi connectivity index (χ3n) is 5.54. The maximum Gasteiger partial charge on any atom is 0.165 e. The summed E-state index contributed by atoms with van der Waals surface area (Å²) in [5.74, 6) is 1.71. The average Bonchev–Trinajstić information content (AvgIpc) is 3.06. The lowest BCUT2D eigenvalue weighted by Crippen LogP contribution is -2.14. The summed E-state index contributed by atoms with van der Waals surface area (Å²) in [6.07, 6.45) is 1.94. The minimum absolute atomic E-state index is 0.646. The monoisotopic (exact) mass is 398 g/mol. The average molecular weight is 399 g/mol. The Kier molecular flexibility index (Phi) is 5.84. The molecule has 4 rings (SSSR count). The summed E-state index contributed by atoms with van der Waals surface area (Å²) in [7, 11) is 0. The Morgan fingerprint density at radius 1 is 0.900 bits per heavy atom. The summed E-state index contributed by atoms with van der Waals surface area (Å²) in [5.41, 5.74) is 7.71. The first-order valence-corrected chi connectivity index (χ1v) is 10.8. The van der Waals surface area contributed by atoms with Crippen molar-refractivity contribution < 1.29 is 0 Å². The van der Waals surface area contributed by atoms with E-state index in [2.05, 4.69) is 87.6 Å². The number of nitrogens with zero attached hydrogens (tertiary/aromatic N) is 3. The smallest absolute Gasteiger partial charge is 0.165 e. The van der Waals surface area contributed by atoms with Gasteiger partial charge in [-0.05, 0) is 37.3 Å². The Hall–Kier alpha value is -3.14. The molecule has 30 heavy (non-hydrogen) atoms. The highest BCUT2D eigenvalue weighted by molar-refractivity contribution is 5.81. The van der Waals surface area contributed by atoms with Crippen LogP contribution in [0.4, 0.5) is 5.82 Å². The van der Waals surface area contributed by atoms with Crippen molar-refractivity contribution in [1.29, 1.82) is 0 Å². The molecule has 0 saturated carbocycles. The van der Waals surface area contributed by atoms with Crippen LogP contribution in [0.5, 0.6) is 0 Å². The molecule has 0 fully saturated rings. The normalized spacial score (nSPS) is 11.4. The van der Waals surface area contributed by atoms with E-state index >= 15 is 0 Å². The van der Waals surface area contributed by atoms with Gasteiger partial charge in [0.2, 0.25) is 0 Å². The Balaban J connectivity index is 1.87. The first-order chi connectivity index (χ1) is 14.5. The van der Waals surface area contributed by atoms with E-state index in [9.17, 15) is 0 Å². The van der Waals surface area contributed by atoms with Crippen molar-refractivity contribution in [1.82, 2.24) is 14.6 Å². The summed E-state index contributed by atoms with van der Waals surface area (Å²) < 4.78 is 2.02. The van der Waals surface area contributed by atoms with Gasteiger partial charge < -0.3 is 5.32 Å². The number of aromatic nitrogens is 3. The predicted molar refractivity (Wildman–Crippen MR) is 125 cm³/mol. The van der Waals surface area contributed by atoms with Crippen LogP contribution in [0.3, 0.4) is 0 Å². The van der Waals surface area contributed by atoms with Gasteiger partial charge in [-0.3, -0.25) is 0 Å². The molecule has 2 heterocycles. The van der Waals surface area contributed by atoms with Crippen molar-refractivity contribution in [3.05, 3.63) is 83.2 Å². The fourth-order valence-corrected chi connectivity index (χ4v) is 3.92. The maximum absolute atomic E-state index is 5.03. The first kappa shape index (κ1) is 20.1. The zero-order valence-corrected chi connectivity index (χ0v) is 18.3. The summed E-state index contributed by atoms with van der Waals surface area (Å²) in [5, 5.41) is 8.62. The summed E-state index contributed by atoms with van der Waals surface area (Å²) >= 11 is 0. The van der Waals surface area contributed by atoms with E-state index in [1.54, 1.807) is 0 Å². The highest BCUT2D eigenvalue weighted by atomic mass is 15.3. The van der Waals surface area contributed by atoms with Gasteiger partial charge in [0.25, 0.3) is 0 Å². The van der Waals surface area contributed by atoms with E-state index in [4.69, 9.17) is 10.1 Å². The molecule has 0 aliphatic rings. The Morgan fingerprint density at radius 3 is 2.23 bits per heavy atom. The van der Waals surface area contributed by atoms with Crippen molar-refractivity contribution >= 4 is 11.5 Å². The topological polar surface area (TPSA) is 42.2 Å². The molecule has 0 amide bonds. The Labute approximate surface area is 179 Å². The molecule has 4 nitrogen and oxygen atoms in total. The van der Waals surface area contributed by atoms with E-state index < -0.39 is 0 Å². The van der Waals surface area contributed by atoms with Crippen molar-refractivity contribution in [2.24, 2.45) is 5.92 Å². The first-order valence-electron chi connectivity index (χ1n) is 10.8. The Bertz CT molecular complexity index is 1130. The molecule has 0 aliphatic heterocycles. The molecule has 0 saturated heterocycles. The van der Waals surface area contributed by atoms with Crippen molar-refractivity contribution in [3.8, 4) is 11.1 Å². The van der Waals surface area contributed by atoms with E-state index in [0.29, 0.717) is 5.92 Å². The zero-order valence-electron chi connectivity index (χ0n) is 18.3. The molecule has 2 aromatic heterocycles. The van der Waals surface area contributed by atoms with Crippen LogP contribution < -0.4 is 5.32 Å². The number of hydrogen-bond acceptors (Lipinski definition) is 3. The van der Waals surface area contributed by atoms with Gasteiger partial charge in [0.05, 0.1) is 5.69 Å². The van der Waals surface area contributed by atoms with Crippen LogP contribution in [0.2, 0.25) is 0 Å². The molecule has 0 unspecified atom stereocenters. The summed E-state index contributed by atoms with van der Waals surface area (Å²) in [6.45, 7) is 9.61. The number of aryl methyl sites for hydroxylation is 2. The molecule has 0 bridgehead atoms. The van der Waals surface area contributed by atoms with Crippen LogP contribution in [0, 0.1) is 19.8 Å². The number of fused-ring (bicyclic) bond motifs is 1. The quantitative estimate of drug-likeness (QED) is 0.411. The minimum atomic E-state index is 0.646. The van der Waals surface area contributed by atoms with Gasteiger partial charge >= 0.3 is 0 Å². The van der Waals surface area contributed by atoms with Gasteiger partial charge in [-0.15, -0.1) is 0 Å². The highest BCUT2D eigenvalue weighted by Crippen LogP contribution is 2.32. The van der Waals surface area contributed by atoms with Crippen LogP contribution in [0.15, 0.2) is 60.7 Å².